The molecule has 0 fully saturated rings. The lowest BCUT2D eigenvalue weighted by Crippen LogP contribution is -2.36. The van der Waals surface area contributed by atoms with Gasteiger partial charge in [0, 0.05) is 12.1 Å². The zero-order chi connectivity index (χ0) is 18.4. The standard InChI is InChI=1S/C17H21N3O5/c1-4-7-20(10-16(21)22)17(23)13-9-12(18-19-13)11-5-6-14(24-2)15(8-11)25-3/h5-6,8-9H,4,7,10H2,1-3H3,(H,18,19)(H,21,22). The molecule has 0 aliphatic rings. The molecule has 0 aliphatic heterocycles. The van der Waals surface area contributed by atoms with Gasteiger partial charge in [0.25, 0.3) is 5.91 Å². The van der Waals surface area contributed by atoms with Crippen LogP contribution in [0.1, 0.15) is 23.8 Å². The predicted octanol–water partition coefficient (Wildman–Crippen LogP) is 2.03. The molecule has 0 saturated carbocycles. The summed E-state index contributed by atoms with van der Waals surface area (Å²) < 4.78 is 10.5. The first kappa shape index (κ1) is 18.3. The van der Waals surface area contributed by atoms with E-state index in [1.165, 1.54) is 12.0 Å². The van der Waals surface area contributed by atoms with Gasteiger partial charge in [-0.2, -0.15) is 5.10 Å². The highest BCUT2D eigenvalue weighted by molar-refractivity contribution is 5.95. The number of aliphatic carboxylic acids is 1. The molecule has 134 valence electrons. The van der Waals surface area contributed by atoms with Gasteiger partial charge in [-0.15, -0.1) is 0 Å². The van der Waals surface area contributed by atoms with Crippen molar-refractivity contribution in [1.29, 1.82) is 0 Å². The van der Waals surface area contributed by atoms with Gasteiger partial charge >= 0.3 is 5.97 Å². The molecular formula is C17H21N3O5. The number of ether oxygens (including phenoxy) is 2. The minimum Gasteiger partial charge on any atom is -0.493 e. The van der Waals surface area contributed by atoms with E-state index in [9.17, 15) is 9.59 Å². The smallest absolute Gasteiger partial charge is 0.323 e. The Hall–Kier alpha value is -3.03. The molecule has 0 spiro atoms. The lowest BCUT2D eigenvalue weighted by molar-refractivity contribution is -0.137. The van der Waals surface area contributed by atoms with E-state index in [4.69, 9.17) is 14.6 Å². The Labute approximate surface area is 145 Å². The molecular weight excluding hydrogens is 326 g/mol. The number of carboxylic acid groups (broad SMARTS) is 1. The molecule has 8 nitrogen and oxygen atoms in total. The van der Waals surface area contributed by atoms with E-state index in [-0.39, 0.29) is 12.2 Å². The number of methoxy groups -OCH3 is 2. The van der Waals surface area contributed by atoms with Crippen LogP contribution in [-0.2, 0) is 4.79 Å². The van der Waals surface area contributed by atoms with Crippen LogP contribution in [0.3, 0.4) is 0 Å². The molecule has 0 aliphatic carbocycles. The highest BCUT2D eigenvalue weighted by Crippen LogP contribution is 2.31. The highest BCUT2D eigenvalue weighted by Gasteiger charge is 2.20. The van der Waals surface area contributed by atoms with Gasteiger partial charge in [0.05, 0.1) is 19.9 Å². The van der Waals surface area contributed by atoms with Crippen molar-refractivity contribution in [2.24, 2.45) is 0 Å². The number of aromatic nitrogens is 2. The molecule has 0 atom stereocenters. The van der Waals surface area contributed by atoms with Gasteiger partial charge in [-0.25, -0.2) is 0 Å². The summed E-state index contributed by atoms with van der Waals surface area (Å²) in [6, 6.07) is 6.89. The Kier molecular flexibility index (Phi) is 5.99. The third-order valence-electron chi connectivity index (χ3n) is 3.59. The molecule has 1 aromatic carbocycles. The van der Waals surface area contributed by atoms with Crippen LogP contribution in [-0.4, -0.2) is 59.4 Å². The lowest BCUT2D eigenvalue weighted by atomic mass is 10.1. The first-order valence-corrected chi connectivity index (χ1v) is 7.79. The SMILES string of the molecule is CCCN(CC(=O)O)C(=O)c1cc(-c2ccc(OC)c(OC)c2)n[nH]1. The topological polar surface area (TPSA) is 105 Å². The van der Waals surface area contributed by atoms with E-state index in [0.29, 0.717) is 30.2 Å². The molecule has 0 unspecified atom stereocenters. The number of aromatic amines is 1. The average Bonchev–Trinajstić information content (AvgIpc) is 3.09. The Morgan fingerprint density at radius 2 is 1.92 bits per heavy atom. The van der Waals surface area contributed by atoms with Crippen LogP contribution in [0.5, 0.6) is 11.5 Å². The molecule has 25 heavy (non-hydrogen) atoms. The third kappa shape index (κ3) is 4.28. The van der Waals surface area contributed by atoms with E-state index >= 15 is 0 Å². The first-order valence-electron chi connectivity index (χ1n) is 7.79. The molecule has 2 aromatic rings. The number of hydrogen-bond acceptors (Lipinski definition) is 5. The maximum atomic E-state index is 12.5. The predicted molar refractivity (Wildman–Crippen MR) is 91.0 cm³/mol. The Balaban J connectivity index is 2.26. The fourth-order valence-electron chi connectivity index (χ4n) is 2.43. The summed E-state index contributed by atoms with van der Waals surface area (Å²) in [7, 11) is 3.09. The highest BCUT2D eigenvalue weighted by atomic mass is 16.5. The van der Waals surface area contributed by atoms with Gasteiger partial charge in [0.2, 0.25) is 0 Å². The Morgan fingerprint density at radius 1 is 1.20 bits per heavy atom. The van der Waals surface area contributed by atoms with Crippen LogP contribution >= 0.6 is 0 Å². The number of hydrogen-bond donors (Lipinski definition) is 2. The average molecular weight is 347 g/mol. The van der Waals surface area contributed by atoms with E-state index < -0.39 is 11.9 Å². The lowest BCUT2D eigenvalue weighted by Gasteiger charge is -2.18. The minimum atomic E-state index is -1.05. The summed E-state index contributed by atoms with van der Waals surface area (Å²) in [6.07, 6.45) is 0.662. The maximum absolute atomic E-state index is 12.5. The summed E-state index contributed by atoms with van der Waals surface area (Å²) in [6.45, 7) is 1.89. The van der Waals surface area contributed by atoms with Crippen LogP contribution in [0.4, 0.5) is 0 Å². The van der Waals surface area contributed by atoms with Crippen LogP contribution < -0.4 is 9.47 Å². The van der Waals surface area contributed by atoms with Gasteiger partial charge in [-0.1, -0.05) is 6.92 Å². The first-order chi connectivity index (χ1) is 12.0. The number of nitrogens with one attached hydrogen (secondary N) is 1. The van der Waals surface area contributed by atoms with Crippen molar-refractivity contribution in [3.05, 3.63) is 30.0 Å². The van der Waals surface area contributed by atoms with Crippen molar-refractivity contribution >= 4 is 11.9 Å². The van der Waals surface area contributed by atoms with Gasteiger partial charge < -0.3 is 19.5 Å². The number of benzene rings is 1. The largest absolute Gasteiger partial charge is 0.493 e. The molecule has 2 N–H and O–H groups in total. The number of nitrogens with zero attached hydrogens (tertiary/aromatic N) is 2. The van der Waals surface area contributed by atoms with Crippen LogP contribution in [0, 0.1) is 0 Å². The van der Waals surface area contributed by atoms with E-state index in [1.54, 1.807) is 31.4 Å². The van der Waals surface area contributed by atoms with Crippen molar-refractivity contribution in [3.8, 4) is 22.8 Å². The summed E-state index contributed by atoms with van der Waals surface area (Å²) in [5.41, 5.74) is 1.53. The molecule has 0 bridgehead atoms. The molecule has 8 heteroatoms. The van der Waals surface area contributed by atoms with E-state index in [0.717, 1.165) is 5.56 Å². The molecule has 2 rings (SSSR count). The van der Waals surface area contributed by atoms with Gasteiger partial charge in [0.15, 0.2) is 11.5 Å². The Bertz CT molecular complexity index is 756. The van der Waals surface area contributed by atoms with Crippen LogP contribution in [0.25, 0.3) is 11.3 Å². The van der Waals surface area contributed by atoms with Crippen molar-refractivity contribution in [1.82, 2.24) is 15.1 Å². The molecule has 0 saturated heterocycles. The summed E-state index contributed by atoms with van der Waals surface area (Å²) in [5, 5.41) is 15.8. The number of carbonyl (C=O) groups excluding carboxylic acids is 1. The Morgan fingerprint density at radius 3 is 2.52 bits per heavy atom. The number of carbonyl (C=O) groups is 2. The normalized spacial score (nSPS) is 10.4. The second-order valence-electron chi connectivity index (χ2n) is 5.36. The van der Waals surface area contributed by atoms with Crippen molar-refractivity contribution < 1.29 is 24.2 Å². The molecule has 1 heterocycles. The zero-order valence-corrected chi connectivity index (χ0v) is 14.4. The fraction of sp³-hybridized carbons (Fsp3) is 0.353. The van der Waals surface area contributed by atoms with Gasteiger partial charge in [-0.05, 0) is 30.7 Å². The van der Waals surface area contributed by atoms with Gasteiger partial charge in [-0.3, -0.25) is 14.7 Å². The number of carboxylic acids is 1. The zero-order valence-electron chi connectivity index (χ0n) is 14.4. The van der Waals surface area contributed by atoms with E-state index in [1.807, 2.05) is 6.92 Å². The van der Waals surface area contributed by atoms with Crippen LogP contribution in [0.15, 0.2) is 24.3 Å². The van der Waals surface area contributed by atoms with Crippen molar-refractivity contribution in [2.45, 2.75) is 13.3 Å². The second kappa shape index (κ2) is 8.18. The van der Waals surface area contributed by atoms with Crippen molar-refractivity contribution in [2.75, 3.05) is 27.3 Å². The van der Waals surface area contributed by atoms with E-state index in [2.05, 4.69) is 10.2 Å². The molecule has 1 aromatic heterocycles. The molecule has 1 amide bonds. The number of amides is 1. The minimum absolute atomic E-state index is 0.236. The summed E-state index contributed by atoms with van der Waals surface area (Å²) in [4.78, 5) is 24.7. The van der Waals surface area contributed by atoms with Crippen molar-refractivity contribution in [3.63, 3.8) is 0 Å². The van der Waals surface area contributed by atoms with Gasteiger partial charge in [0.1, 0.15) is 12.2 Å². The molecule has 0 radical (unpaired) electrons. The monoisotopic (exact) mass is 347 g/mol. The third-order valence-corrected chi connectivity index (χ3v) is 3.59. The quantitative estimate of drug-likeness (QED) is 0.757. The van der Waals surface area contributed by atoms with Crippen LogP contribution in [0.2, 0.25) is 0 Å². The number of H-pyrrole nitrogens is 1. The fourth-order valence-corrected chi connectivity index (χ4v) is 2.43. The maximum Gasteiger partial charge on any atom is 0.323 e. The summed E-state index contributed by atoms with van der Waals surface area (Å²) in [5.74, 6) is -0.312. The summed E-state index contributed by atoms with van der Waals surface area (Å²) >= 11 is 0. The number of rotatable bonds is 8. The second-order valence-corrected chi connectivity index (χ2v) is 5.36.